The molecular weight excluding hydrogens is 362 g/mol. The Morgan fingerprint density at radius 3 is 2.38 bits per heavy atom. The second-order valence-electron chi connectivity index (χ2n) is 7.94. The predicted molar refractivity (Wildman–Crippen MR) is 114 cm³/mol. The van der Waals surface area contributed by atoms with Crippen LogP contribution in [-0.4, -0.2) is 34.4 Å². The number of aromatic nitrogens is 1. The fraction of sp³-hybridized carbons (Fsp3) is 0.333. The van der Waals surface area contributed by atoms with Crippen LogP contribution in [0.4, 0.5) is 0 Å². The molecule has 0 bridgehead atoms. The molecule has 0 radical (unpaired) electrons. The Morgan fingerprint density at radius 1 is 1.03 bits per heavy atom. The van der Waals surface area contributed by atoms with E-state index in [1.54, 1.807) is 0 Å². The Morgan fingerprint density at radius 2 is 1.69 bits per heavy atom. The summed E-state index contributed by atoms with van der Waals surface area (Å²) < 4.78 is 2.13. The first kappa shape index (κ1) is 19.2. The van der Waals surface area contributed by atoms with Gasteiger partial charge in [0.05, 0.1) is 0 Å². The van der Waals surface area contributed by atoms with Crippen molar-refractivity contribution < 1.29 is 9.59 Å². The van der Waals surface area contributed by atoms with Gasteiger partial charge in [-0.3, -0.25) is 9.59 Å². The van der Waals surface area contributed by atoms with Crippen LogP contribution in [0, 0.1) is 5.92 Å². The van der Waals surface area contributed by atoms with Crippen molar-refractivity contribution in [3.05, 3.63) is 71.9 Å². The molecule has 0 saturated carbocycles. The quantitative estimate of drug-likeness (QED) is 0.726. The van der Waals surface area contributed by atoms with Crippen LogP contribution < -0.4 is 5.73 Å². The average Bonchev–Trinajstić information content (AvgIpc) is 3.09. The highest BCUT2D eigenvalue weighted by atomic mass is 16.2. The smallest absolute Gasteiger partial charge is 0.223 e. The molecule has 1 aliphatic rings. The standard InChI is InChI=1S/C24H27N3O2/c1-26-16-21(19-9-5-6-10-22(19)26)20(17-7-3-2-4-8-17)15-23(28)27-13-11-18(12-14-27)24(25)29/h2-10,16,18,20H,11-15H2,1H3,(H2,25,29). The van der Waals surface area contributed by atoms with Gasteiger partial charge in [-0.15, -0.1) is 0 Å². The van der Waals surface area contributed by atoms with Crippen LogP contribution in [0.1, 0.15) is 36.3 Å². The second kappa shape index (κ2) is 8.11. The maximum atomic E-state index is 13.2. The number of piperidine rings is 1. The molecule has 1 aliphatic heterocycles. The Bertz CT molecular complexity index is 1020. The number of benzene rings is 2. The van der Waals surface area contributed by atoms with Crippen molar-refractivity contribution in [2.45, 2.75) is 25.2 Å². The van der Waals surface area contributed by atoms with Gasteiger partial charge in [-0.05, 0) is 30.0 Å². The van der Waals surface area contributed by atoms with Crippen molar-refractivity contribution in [2.75, 3.05) is 13.1 Å². The van der Waals surface area contributed by atoms with Crippen LogP contribution >= 0.6 is 0 Å². The van der Waals surface area contributed by atoms with E-state index in [1.165, 1.54) is 10.9 Å². The summed E-state index contributed by atoms with van der Waals surface area (Å²) in [5, 5.41) is 1.18. The minimum atomic E-state index is -0.255. The topological polar surface area (TPSA) is 68.3 Å². The van der Waals surface area contributed by atoms with E-state index in [-0.39, 0.29) is 23.7 Å². The van der Waals surface area contributed by atoms with Crippen molar-refractivity contribution in [1.82, 2.24) is 9.47 Å². The van der Waals surface area contributed by atoms with E-state index < -0.39 is 0 Å². The number of rotatable bonds is 5. The molecule has 5 heteroatoms. The first-order chi connectivity index (χ1) is 14.0. The summed E-state index contributed by atoms with van der Waals surface area (Å²) in [6.45, 7) is 1.20. The lowest BCUT2D eigenvalue weighted by Crippen LogP contribution is -2.42. The average molecular weight is 389 g/mol. The van der Waals surface area contributed by atoms with E-state index in [2.05, 4.69) is 35.0 Å². The van der Waals surface area contributed by atoms with Crippen molar-refractivity contribution in [3.8, 4) is 0 Å². The molecule has 150 valence electrons. The van der Waals surface area contributed by atoms with Gasteiger partial charge in [0.2, 0.25) is 11.8 Å². The highest BCUT2D eigenvalue weighted by molar-refractivity contribution is 5.86. The summed E-state index contributed by atoms with van der Waals surface area (Å²) in [4.78, 5) is 26.5. The number of nitrogens with zero attached hydrogens (tertiary/aromatic N) is 2. The van der Waals surface area contributed by atoms with Gasteiger partial charge in [-0.1, -0.05) is 48.5 Å². The number of nitrogens with two attached hydrogens (primary N) is 1. The van der Waals surface area contributed by atoms with E-state index in [4.69, 9.17) is 5.73 Å². The van der Waals surface area contributed by atoms with Gasteiger partial charge in [-0.2, -0.15) is 0 Å². The second-order valence-corrected chi connectivity index (χ2v) is 7.94. The minimum Gasteiger partial charge on any atom is -0.369 e. The molecule has 2 amide bonds. The molecule has 0 aliphatic carbocycles. The molecule has 1 atom stereocenters. The molecule has 29 heavy (non-hydrogen) atoms. The SMILES string of the molecule is Cn1cc(C(CC(=O)N2CCC(C(N)=O)CC2)c2ccccc2)c2ccccc21. The van der Waals surface area contributed by atoms with Gasteiger partial charge in [-0.25, -0.2) is 0 Å². The van der Waals surface area contributed by atoms with E-state index in [0.29, 0.717) is 32.4 Å². The molecule has 0 spiro atoms. The predicted octanol–water partition coefficient (Wildman–Crippen LogP) is 3.42. The monoisotopic (exact) mass is 389 g/mol. The fourth-order valence-electron chi connectivity index (χ4n) is 4.46. The van der Waals surface area contributed by atoms with Gasteiger partial charge >= 0.3 is 0 Å². The molecule has 5 nitrogen and oxygen atoms in total. The number of aryl methyl sites for hydroxylation is 1. The molecule has 2 N–H and O–H groups in total. The molecular formula is C24H27N3O2. The number of carbonyl (C=O) groups excluding carboxylic acids is 2. The summed E-state index contributed by atoms with van der Waals surface area (Å²) in [6, 6.07) is 18.6. The summed E-state index contributed by atoms with van der Waals surface area (Å²) in [6.07, 6.45) is 3.88. The zero-order valence-corrected chi connectivity index (χ0v) is 16.8. The zero-order chi connectivity index (χ0) is 20.4. The van der Waals surface area contributed by atoms with E-state index in [1.807, 2.05) is 42.3 Å². The third kappa shape index (κ3) is 3.90. The minimum absolute atomic E-state index is 0.0105. The number of fused-ring (bicyclic) bond motifs is 1. The summed E-state index contributed by atoms with van der Waals surface area (Å²) >= 11 is 0. The maximum Gasteiger partial charge on any atom is 0.223 e. The zero-order valence-electron chi connectivity index (χ0n) is 16.8. The Balaban J connectivity index is 1.62. The lowest BCUT2D eigenvalue weighted by Gasteiger charge is -2.31. The summed E-state index contributed by atoms with van der Waals surface area (Å²) in [5.41, 5.74) is 8.92. The van der Waals surface area contributed by atoms with Crippen LogP contribution in [0.25, 0.3) is 10.9 Å². The van der Waals surface area contributed by atoms with Crippen LogP contribution in [0.3, 0.4) is 0 Å². The molecule has 1 saturated heterocycles. The van der Waals surface area contributed by atoms with Crippen molar-refractivity contribution in [2.24, 2.45) is 18.7 Å². The Hall–Kier alpha value is -3.08. The van der Waals surface area contributed by atoms with E-state index in [9.17, 15) is 9.59 Å². The van der Waals surface area contributed by atoms with Crippen molar-refractivity contribution in [1.29, 1.82) is 0 Å². The third-order valence-electron chi connectivity index (χ3n) is 6.13. The summed E-state index contributed by atoms with van der Waals surface area (Å²) in [7, 11) is 2.05. The molecule has 3 aromatic rings. The van der Waals surface area contributed by atoms with Crippen molar-refractivity contribution in [3.63, 3.8) is 0 Å². The van der Waals surface area contributed by atoms with Gasteiger partial charge in [0.25, 0.3) is 0 Å². The van der Waals surface area contributed by atoms with Crippen molar-refractivity contribution >= 4 is 22.7 Å². The first-order valence-electron chi connectivity index (χ1n) is 10.2. The molecule has 1 aromatic heterocycles. The van der Waals surface area contributed by atoms with E-state index in [0.717, 1.165) is 11.1 Å². The number of hydrogen-bond donors (Lipinski definition) is 1. The largest absolute Gasteiger partial charge is 0.369 e. The van der Waals surface area contributed by atoms with Crippen LogP contribution in [0.5, 0.6) is 0 Å². The van der Waals surface area contributed by atoms with Crippen LogP contribution in [-0.2, 0) is 16.6 Å². The number of hydrogen-bond acceptors (Lipinski definition) is 2. The highest BCUT2D eigenvalue weighted by Gasteiger charge is 2.29. The number of primary amides is 1. The fourth-order valence-corrected chi connectivity index (χ4v) is 4.46. The Kier molecular flexibility index (Phi) is 5.38. The maximum absolute atomic E-state index is 13.2. The van der Waals surface area contributed by atoms with Gasteiger partial charge < -0.3 is 15.2 Å². The molecule has 2 aromatic carbocycles. The summed E-state index contributed by atoms with van der Waals surface area (Å²) in [5.74, 6) is -0.240. The van der Waals surface area contributed by atoms with Crippen LogP contribution in [0.15, 0.2) is 60.8 Å². The first-order valence-corrected chi connectivity index (χ1v) is 10.2. The lowest BCUT2D eigenvalue weighted by atomic mass is 9.87. The van der Waals surface area contributed by atoms with Gasteiger partial charge in [0, 0.05) is 55.5 Å². The number of likely N-dealkylation sites (tertiary alicyclic amines) is 1. The number of amides is 2. The normalized spacial score (nSPS) is 16.1. The molecule has 4 rings (SSSR count). The van der Waals surface area contributed by atoms with Crippen LogP contribution in [0.2, 0.25) is 0 Å². The lowest BCUT2D eigenvalue weighted by molar-refractivity contribution is -0.135. The number of carbonyl (C=O) groups is 2. The van der Waals surface area contributed by atoms with Gasteiger partial charge in [0.1, 0.15) is 0 Å². The van der Waals surface area contributed by atoms with Gasteiger partial charge in [0.15, 0.2) is 0 Å². The number of para-hydroxylation sites is 1. The highest BCUT2D eigenvalue weighted by Crippen LogP contribution is 2.35. The molecule has 1 unspecified atom stereocenters. The third-order valence-corrected chi connectivity index (χ3v) is 6.13. The molecule has 1 fully saturated rings. The molecule has 2 heterocycles. The Labute approximate surface area is 171 Å². The van der Waals surface area contributed by atoms with E-state index >= 15 is 0 Å².